The first kappa shape index (κ1) is 32.5. The number of aliphatic hydroxyl groups is 8. The number of nitrogens with two attached hydrogens (primary N) is 4. The highest BCUT2D eigenvalue weighted by atomic mass is 16.8. The van der Waals surface area contributed by atoms with Crippen LogP contribution in [0, 0.1) is 0 Å². The van der Waals surface area contributed by atoms with Gasteiger partial charge in [0.25, 0.3) is 0 Å². The summed E-state index contributed by atoms with van der Waals surface area (Å²) in [6.45, 7) is -0.199. The Morgan fingerprint density at radius 2 is 1.43 bits per heavy atom. The molecule has 0 amide bonds. The largest absolute Gasteiger partial charge is 0.394 e. The highest BCUT2D eigenvalue weighted by molar-refractivity contribution is 5.76. The second kappa shape index (κ2) is 12.9. The molecule has 0 bridgehead atoms. The number of rotatable bonds is 9. The Morgan fingerprint density at radius 1 is 0.825 bits per heavy atom. The molecule has 0 aromatic carbocycles. The molecule has 0 aromatic rings. The van der Waals surface area contributed by atoms with E-state index in [1.54, 1.807) is 0 Å². The van der Waals surface area contributed by atoms with Gasteiger partial charge in [-0.2, -0.15) is 0 Å². The Bertz CT molecular complexity index is 911. The summed E-state index contributed by atoms with van der Waals surface area (Å²) in [7, 11) is 1.44. The van der Waals surface area contributed by atoms with Gasteiger partial charge in [0.15, 0.2) is 24.5 Å². The zero-order valence-corrected chi connectivity index (χ0v) is 21.9. The number of likely N-dealkylation sites (N-methyl/N-ethyl adjacent to an activating group) is 1. The van der Waals surface area contributed by atoms with Gasteiger partial charge in [-0.05, 0) is 14.0 Å². The number of aliphatic imine (C=N–C) groups is 2. The molecule has 3 rings (SSSR count). The van der Waals surface area contributed by atoms with Crippen LogP contribution in [0.15, 0.2) is 9.98 Å². The van der Waals surface area contributed by atoms with Crippen LogP contribution in [-0.4, -0.2) is 164 Å². The molecule has 0 aromatic heterocycles. The van der Waals surface area contributed by atoms with Crippen LogP contribution in [0.4, 0.5) is 0 Å². The zero-order chi connectivity index (χ0) is 30.1. The quantitative estimate of drug-likeness (QED) is 0.0884. The third-order valence-corrected chi connectivity index (χ3v) is 7.49. The number of nitrogens with zero attached hydrogens (tertiary/aromatic N) is 2. The van der Waals surface area contributed by atoms with Gasteiger partial charge in [0.2, 0.25) is 0 Å². The van der Waals surface area contributed by atoms with E-state index in [-0.39, 0.29) is 0 Å². The lowest BCUT2D eigenvalue weighted by Gasteiger charge is -2.45. The minimum Gasteiger partial charge on any atom is -0.394 e. The van der Waals surface area contributed by atoms with Gasteiger partial charge in [-0.1, -0.05) is 0 Å². The van der Waals surface area contributed by atoms with E-state index >= 15 is 0 Å². The fraction of sp³-hybridized carbons (Fsp3) is 0.905. The Kier molecular flexibility index (Phi) is 10.5. The van der Waals surface area contributed by atoms with Gasteiger partial charge < -0.3 is 88.1 Å². The first-order valence-corrected chi connectivity index (χ1v) is 12.5. The topological polar surface area (TPSA) is 340 Å². The SMILES string of the molecule is CN[C@@H]1[C@H](OC2[C@@H](O[C@@H]3[C@H](O)[C@@H](O)[C@H](N=C(N)N)[C@@H](O)[C@@H]3N=C(N)N)O[C@H](C)[C@@]2(O)CO)O[C@@H](CO)[C@H](O)[C@H]1O. The first-order chi connectivity index (χ1) is 18.7. The fourth-order valence-corrected chi connectivity index (χ4v) is 5.17. The van der Waals surface area contributed by atoms with Gasteiger partial charge in [0, 0.05) is 0 Å². The summed E-state index contributed by atoms with van der Waals surface area (Å²) in [6, 6.07) is -4.00. The molecule has 3 fully saturated rings. The summed E-state index contributed by atoms with van der Waals surface area (Å²) >= 11 is 0. The van der Waals surface area contributed by atoms with Gasteiger partial charge in [-0.25, -0.2) is 9.98 Å². The van der Waals surface area contributed by atoms with Crippen molar-refractivity contribution >= 4 is 11.9 Å². The Labute approximate surface area is 229 Å². The van der Waals surface area contributed by atoms with Gasteiger partial charge in [0.1, 0.15) is 66.5 Å². The normalized spacial score (nSPS) is 47.5. The summed E-state index contributed by atoms with van der Waals surface area (Å²) in [5.74, 6) is -1.01. The maximum atomic E-state index is 11.3. The lowest BCUT2D eigenvalue weighted by atomic mass is 9.81. The predicted molar refractivity (Wildman–Crippen MR) is 134 cm³/mol. The maximum Gasteiger partial charge on any atom is 0.187 e. The molecule has 19 heteroatoms. The van der Waals surface area contributed by atoms with Crippen LogP contribution in [0.2, 0.25) is 0 Å². The Morgan fingerprint density at radius 3 is 1.95 bits per heavy atom. The number of guanidine groups is 2. The molecule has 0 spiro atoms. The number of ether oxygens (including phenoxy) is 4. The number of nitrogens with one attached hydrogen (secondary N) is 1. The van der Waals surface area contributed by atoms with E-state index < -0.39 is 116 Å². The van der Waals surface area contributed by atoms with Gasteiger partial charge in [-0.15, -0.1) is 0 Å². The minimum absolute atomic E-state index is 0.493. The van der Waals surface area contributed by atoms with Crippen molar-refractivity contribution in [1.82, 2.24) is 5.32 Å². The smallest absolute Gasteiger partial charge is 0.187 e. The molecule has 3 aliphatic rings. The van der Waals surface area contributed by atoms with Gasteiger partial charge in [-0.3, -0.25) is 0 Å². The maximum absolute atomic E-state index is 11.3. The molecule has 232 valence electrons. The molecule has 15 atom stereocenters. The van der Waals surface area contributed by atoms with E-state index in [1.165, 1.54) is 14.0 Å². The summed E-state index contributed by atoms with van der Waals surface area (Å²) < 4.78 is 23.2. The van der Waals surface area contributed by atoms with E-state index in [4.69, 9.17) is 41.9 Å². The Hall–Kier alpha value is -1.98. The number of hydrogen-bond acceptors (Lipinski definition) is 15. The summed E-state index contributed by atoms with van der Waals surface area (Å²) in [5.41, 5.74) is 19.7. The predicted octanol–water partition coefficient (Wildman–Crippen LogP) is -8.37. The highest BCUT2D eigenvalue weighted by Crippen LogP contribution is 2.39. The second-order valence-corrected chi connectivity index (χ2v) is 10.0. The lowest BCUT2D eigenvalue weighted by Crippen LogP contribution is -2.66. The van der Waals surface area contributed by atoms with Crippen molar-refractivity contribution < 1.29 is 59.8 Å². The van der Waals surface area contributed by atoms with Crippen LogP contribution in [0.25, 0.3) is 0 Å². The van der Waals surface area contributed by atoms with Crippen molar-refractivity contribution in [2.24, 2.45) is 32.9 Å². The standard InChI is InChI=1S/C21H41N7O12/c1-5-21(36,4-30)16(40-17-9(26-2)13(34)10(31)6(3-29)38-17)18(37-5)39-15-8(28-20(24)25)11(32)7(27-19(22)23)12(33)14(15)35/h5-18,26,29-36H,3-4H2,1-2H3,(H4,22,23,27)(H4,24,25,28)/t5-,6+,7-,8+,9+,10+,11-,12+,13+,14-,15+,16?,17+,18-,21+/m1/s1. The molecule has 2 aliphatic heterocycles. The fourth-order valence-electron chi connectivity index (χ4n) is 5.17. The molecule has 2 heterocycles. The molecule has 0 radical (unpaired) electrons. The molecule has 40 heavy (non-hydrogen) atoms. The molecule has 2 saturated heterocycles. The summed E-state index contributed by atoms with van der Waals surface area (Å²) in [6.07, 6.45) is -16.9. The van der Waals surface area contributed by atoms with Crippen molar-refractivity contribution in [2.75, 3.05) is 20.3 Å². The second-order valence-electron chi connectivity index (χ2n) is 10.0. The van der Waals surface area contributed by atoms with Crippen molar-refractivity contribution in [3.05, 3.63) is 0 Å². The van der Waals surface area contributed by atoms with E-state index in [9.17, 15) is 40.9 Å². The lowest BCUT2D eigenvalue weighted by molar-refractivity contribution is -0.317. The Balaban J connectivity index is 1.96. The van der Waals surface area contributed by atoms with E-state index in [2.05, 4.69) is 15.3 Å². The van der Waals surface area contributed by atoms with Crippen LogP contribution >= 0.6 is 0 Å². The van der Waals surface area contributed by atoms with E-state index in [0.29, 0.717) is 0 Å². The number of aliphatic hydroxyl groups excluding tert-OH is 7. The third-order valence-electron chi connectivity index (χ3n) is 7.49. The van der Waals surface area contributed by atoms with Crippen LogP contribution in [0.1, 0.15) is 6.92 Å². The minimum atomic E-state index is -2.15. The average molecular weight is 584 g/mol. The number of hydrogen-bond donors (Lipinski definition) is 13. The molecule has 1 saturated carbocycles. The zero-order valence-electron chi connectivity index (χ0n) is 21.9. The summed E-state index contributed by atoms with van der Waals surface area (Å²) in [4.78, 5) is 7.66. The van der Waals surface area contributed by atoms with Crippen molar-refractivity contribution in [2.45, 2.75) is 98.2 Å². The molecule has 1 aliphatic carbocycles. The van der Waals surface area contributed by atoms with E-state index in [1.807, 2.05) is 0 Å². The van der Waals surface area contributed by atoms with Crippen LogP contribution < -0.4 is 28.3 Å². The van der Waals surface area contributed by atoms with E-state index in [0.717, 1.165) is 0 Å². The average Bonchev–Trinajstić information content (AvgIpc) is 3.13. The van der Waals surface area contributed by atoms with Crippen LogP contribution in [0.3, 0.4) is 0 Å². The molecule has 17 N–H and O–H groups in total. The highest BCUT2D eigenvalue weighted by Gasteiger charge is 2.60. The molecular formula is C21H41N7O12. The van der Waals surface area contributed by atoms with Crippen LogP contribution in [0.5, 0.6) is 0 Å². The third kappa shape index (κ3) is 6.11. The molecular weight excluding hydrogens is 542 g/mol. The monoisotopic (exact) mass is 583 g/mol. The van der Waals surface area contributed by atoms with Crippen molar-refractivity contribution in [3.8, 4) is 0 Å². The first-order valence-electron chi connectivity index (χ1n) is 12.5. The molecule has 19 nitrogen and oxygen atoms in total. The van der Waals surface area contributed by atoms with Gasteiger partial charge >= 0.3 is 0 Å². The van der Waals surface area contributed by atoms with Crippen molar-refractivity contribution in [3.63, 3.8) is 0 Å². The molecule has 1 unspecified atom stereocenters. The van der Waals surface area contributed by atoms with Crippen LogP contribution in [-0.2, 0) is 18.9 Å². The summed E-state index contributed by atoms with van der Waals surface area (Å²) in [5, 5.41) is 87.0. The van der Waals surface area contributed by atoms with Gasteiger partial charge in [0.05, 0.1) is 25.4 Å². The van der Waals surface area contributed by atoms with Crippen molar-refractivity contribution in [1.29, 1.82) is 0 Å².